The zero-order chi connectivity index (χ0) is 16.8. The second-order valence-electron chi connectivity index (χ2n) is 6.15. The molecule has 1 saturated heterocycles. The van der Waals surface area contributed by atoms with E-state index in [0.717, 1.165) is 31.5 Å². The van der Waals surface area contributed by atoms with E-state index in [2.05, 4.69) is 25.7 Å². The smallest absolute Gasteiger partial charge is 0.241 e. The van der Waals surface area contributed by atoms with Gasteiger partial charge in [0.15, 0.2) is 0 Å². The number of tetrazole rings is 1. The van der Waals surface area contributed by atoms with Gasteiger partial charge in [-0.3, -0.25) is 9.69 Å². The lowest BCUT2D eigenvalue weighted by Gasteiger charge is -2.32. The fourth-order valence-electron chi connectivity index (χ4n) is 3.04. The van der Waals surface area contributed by atoms with Crippen LogP contribution in [-0.4, -0.2) is 50.6 Å². The summed E-state index contributed by atoms with van der Waals surface area (Å²) in [5.41, 5.74) is 0.723. The Morgan fingerprint density at radius 2 is 2.25 bits per heavy atom. The number of halogens is 1. The summed E-state index contributed by atoms with van der Waals surface area (Å²) in [6.07, 6.45) is 3.54. The topological polar surface area (TPSA) is 75.9 Å². The molecular weight excluding hydrogens is 311 g/mol. The Bertz CT molecular complexity index is 662. The molecule has 7 nitrogen and oxygen atoms in total. The number of benzene rings is 1. The maximum atomic E-state index is 13.8. The van der Waals surface area contributed by atoms with Gasteiger partial charge in [0.1, 0.15) is 18.7 Å². The molecule has 1 aliphatic rings. The van der Waals surface area contributed by atoms with E-state index in [1.54, 1.807) is 6.07 Å². The highest BCUT2D eigenvalue weighted by Gasteiger charge is 2.21. The molecule has 0 saturated carbocycles. The van der Waals surface area contributed by atoms with Crippen molar-refractivity contribution in [2.75, 3.05) is 19.6 Å². The van der Waals surface area contributed by atoms with Crippen LogP contribution in [0.15, 0.2) is 30.6 Å². The Balaban J connectivity index is 1.45. The molecule has 1 unspecified atom stereocenters. The highest BCUT2D eigenvalue weighted by Crippen LogP contribution is 2.19. The number of piperidine rings is 1. The van der Waals surface area contributed by atoms with Gasteiger partial charge in [0.2, 0.25) is 5.91 Å². The molecule has 0 radical (unpaired) electrons. The molecule has 1 fully saturated rings. The molecule has 1 aromatic heterocycles. The lowest BCUT2D eigenvalue weighted by atomic mass is 9.97. The van der Waals surface area contributed by atoms with Crippen LogP contribution in [0, 0.1) is 11.7 Å². The van der Waals surface area contributed by atoms with Gasteiger partial charge < -0.3 is 5.32 Å². The van der Waals surface area contributed by atoms with E-state index in [1.165, 1.54) is 17.1 Å². The molecule has 1 atom stereocenters. The predicted molar refractivity (Wildman–Crippen MR) is 85.2 cm³/mol. The molecule has 128 valence electrons. The first-order valence-corrected chi connectivity index (χ1v) is 8.14. The minimum Gasteiger partial charge on any atom is -0.354 e. The average Bonchev–Trinajstić information content (AvgIpc) is 3.08. The molecule has 8 heteroatoms. The number of carbonyl (C=O) groups is 1. The molecule has 2 aromatic rings. The third-order valence-corrected chi connectivity index (χ3v) is 4.24. The van der Waals surface area contributed by atoms with Gasteiger partial charge in [0, 0.05) is 25.2 Å². The van der Waals surface area contributed by atoms with Gasteiger partial charge in [-0.05, 0) is 41.8 Å². The molecule has 0 aliphatic carbocycles. The van der Waals surface area contributed by atoms with Gasteiger partial charge in [-0.15, -0.1) is 5.10 Å². The Morgan fingerprint density at radius 1 is 1.38 bits per heavy atom. The Hall–Kier alpha value is -2.35. The summed E-state index contributed by atoms with van der Waals surface area (Å²) in [4.78, 5) is 14.1. The summed E-state index contributed by atoms with van der Waals surface area (Å²) in [6.45, 7) is 3.18. The zero-order valence-corrected chi connectivity index (χ0v) is 13.4. The Kier molecular flexibility index (Phi) is 5.47. The van der Waals surface area contributed by atoms with E-state index in [-0.39, 0.29) is 18.3 Å². The summed E-state index contributed by atoms with van der Waals surface area (Å²) < 4.78 is 15.2. The molecule has 1 aromatic carbocycles. The highest BCUT2D eigenvalue weighted by atomic mass is 19.1. The van der Waals surface area contributed by atoms with E-state index >= 15 is 0 Å². The summed E-state index contributed by atoms with van der Waals surface area (Å²) in [5, 5.41) is 13.6. The Labute approximate surface area is 139 Å². The van der Waals surface area contributed by atoms with Gasteiger partial charge in [-0.25, -0.2) is 9.07 Å². The van der Waals surface area contributed by atoms with Crippen LogP contribution in [0.2, 0.25) is 0 Å². The molecule has 0 spiro atoms. The van der Waals surface area contributed by atoms with Crippen molar-refractivity contribution in [3.63, 3.8) is 0 Å². The maximum Gasteiger partial charge on any atom is 0.241 e. The number of hydrogen-bond acceptors (Lipinski definition) is 5. The van der Waals surface area contributed by atoms with Crippen molar-refractivity contribution in [1.29, 1.82) is 0 Å². The fraction of sp³-hybridized carbons (Fsp3) is 0.500. The first-order valence-electron chi connectivity index (χ1n) is 8.14. The van der Waals surface area contributed by atoms with Crippen molar-refractivity contribution in [3.05, 3.63) is 42.0 Å². The molecule has 24 heavy (non-hydrogen) atoms. The van der Waals surface area contributed by atoms with Crippen LogP contribution in [0.4, 0.5) is 4.39 Å². The molecule has 1 amide bonds. The van der Waals surface area contributed by atoms with Gasteiger partial charge in [-0.1, -0.05) is 18.2 Å². The highest BCUT2D eigenvalue weighted by molar-refractivity contribution is 5.75. The molecule has 2 heterocycles. The minimum absolute atomic E-state index is 0.103. The lowest BCUT2D eigenvalue weighted by molar-refractivity contribution is -0.122. The Morgan fingerprint density at radius 3 is 3.04 bits per heavy atom. The van der Waals surface area contributed by atoms with E-state index in [1.807, 2.05) is 12.1 Å². The van der Waals surface area contributed by atoms with E-state index < -0.39 is 0 Å². The van der Waals surface area contributed by atoms with Crippen molar-refractivity contribution in [1.82, 2.24) is 30.4 Å². The largest absolute Gasteiger partial charge is 0.354 e. The standard InChI is InChI=1S/C16H21FN6O/c17-15-6-2-1-5-14(15)10-22-7-3-4-13(9-22)8-18-16(24)11-23-12-19-20-21-23/h1-2,5-6,12-13H,3-4,7-11H2,(H,18,24). The molecule has 0 bridgehead atoms. The van der Waals surface area contributed by atoms with Crippen LogP contribution < -0.4 is 5.32 Å². The van der Waals surface area contributed by atoms with Crippen LogP contribution in [0.3, 0.4) is 0 Å². The number of aromatic nitrogens is 4. The van der Waals surface area contributed by atoms with Gasteiger partial charge in [-0.2, -0.15) is 0 Å². The predicted octanol–water partition coefficient (Wildman–Crippen LogP) is 0.841. The van der Waals surface area contributed by atoms with Crippen LogP contribution >= 0.6 is 0 Å². The SMILES string of the molecule is O=C(Cn1cnnn1)NCC1CCCN(Cc2ccccc2F)C1. The number of rotatable bonds is 6. The van der Waals surface area contributed by atoms with Crippen molar-refractivity contribution in [2.24, 2.45) is 5.92 Å². The monoisotopic (exact) mass is 332 g/mol. The van der Waals surface area contributed by atoms with Crippen molar-refractivity contribution in [2.45, 2.75) is 25.9 Å². The fourth-order valence-corrected chi connectivity index (χ4v) is 3.04. The second-order valence-corrected chi connectivity index (χ2v) is 6.15. The summed E-state index contributed by atoms with van der Waals surface area (Å²) >= 11 is 0. The van der Waals surface area contributed by atoms with Crippen molar-refractivity contribution >= 4 is 5.91 Å². The van der Waals surface area contributed by atoms with Crippen LogP contribution in [0.25, 0.3) is 0 Å². The average molecular weight is 332 g/mol. The zero-order valence-electron chi connectivity index (χ0n) is 13.4. The quantitative estimate of drug-likeness (QED) is 0.848. The third kappa shape index (κ3) is 4.58. The minimum atomic E-state index is -0.158. The molecule has 1 N–H and O–H groups in total. The van der Waals surface area contributed by atoms with Crippen LogP contribution in [0.5, 0.6) is 0 Å². The number of nitrogens with one attached hydrogen (secondary N) is 1. The lowest BCUT2D eigenvalue weighted by Crippen LogP contribution is -2.41. The maximum absolute atomic E-state index is 13.8. The number of nitrogens with zero attached hydrogens (tertiary/aromatic N) is 5. The number of carbonyl (C=O) groups excluding carboxylic acids is 1. The van der Waals surface area contributed by atoms with E-state index in [0.29, 0.717) is 19.0 Å². The first-order chi connectivity index (χ1) is 11.7. The molecular formula is C16H21FN6O. The van der Waals surface area contributed by atoms with Crippen LogP contribution in [0.1, 0.15) is 18.4 Å². The van der Waals surface area contributed by atoms with Crippen molar-refractivity contribution in [3.8, 4) is 0 Å². The molecule has 1 aliphatic heterocycles. The molecule has 3 rings (SSSR count). The number of amides is 1. The van der Waals surface area contributed by atoms with Crippen LogP contribution in [-0.2, 0) is 17.9 Å². The second kappa shape index (κ2) is 7.96. The normalized spacial score (nSPS) is 18.5. The van der Waals surface area contributed by atoms with Gasteiger partial charge in [0.05, 0.1) is 0 Å². The van der Waals surface area contributed by atoms with Gasteiger partial charge >= 0.3 is 0 Å². The first kappa shape index (κ1) is 16.5. The number of likely N-dealkylation sites (tertiary alicyclic amines) is 1. The summed E-state index contributed by atoms with van der Waals surface area (Å²) in [7, 11) is 0. The summed E-state index contributed by atoms with van der Waals surface area (Å²) in [6, 6.07) is 6.89. The third-order valence-electron chi connectivity index (χ3n) is 4.24. The summed E-state index contributed by atoms with van der Waals surface area (Å²) in [5.74, 6) is 0.117. The van der Waals surface area contributed by atoms with Crippen molar-refractivity contribution < 1.29 is 9.18 Å². The van der Waals surface area contributed by atoms with Gasteiger partial charge in [0.25, 0.3) is 0 Å². The van der Waals surface area contributed by atoms with E-state index in [9.17, 15) is 9.18 Å². The van der Waals surface area contributed by atoms with E-state index in [4.69, 9.17) is 0 Å². The number of hydrogen-bond donors (Lipinski definition) is 1.